The molecule has 2 aromatic rings. The minimum Gasteiger partial charge on any atom is -0.508 e. The zero-order valence-corrected chi connectivity index (χ0v) is 13.4. The summed E-state index contributed by atoms with van der Waals surface area (Å²) >= 11 is 8.22. The van der Waals surface area contributed by atoms with E-state index < -0.39 is 0 Å². The van der Waals surface area contributed by atoms with Gasteiger partial charge in [-0.15, -0.1) is 0 Å². The first-order chi connectivity index (χ1) is 9.04. The lowest BCUT2D eigenvalue weighted by atomic mass is 10.1. The van der Waals surface area contributed by atoms with Crippen molar-refractivity contribution in [3.8, 4) is 5.75 Å². The number of rotatable bonds is 4. The monoisotopic (exact) mass is 387 g/mol. The fraction of sp³-hybridized carbons (Fsp3) is 0.200. The Bertz CT molecular complexity index is 557. The molecule has 100 valence electrons. The summed E-state index contributed by atoms with van der Waals surface area (Å²) in [6.45, 7) is 2.14. The van der Waals surface area contributed by atoms with Crippen molar-refractivity contribution in [2.24, 2.45) is 0 Å². The van der Waals surface area contributed by atoms with Crippen LogP contribution in [-0.2, 0) is 6.42 Å². The van der Waals surface area contributed by atoms with Gasteiger partial charge in [-0.2, -0.15) is 0 Å². The van der Waals surface area contributed by atoms with Gasteiger partial charge < -0.3 is 10.4 Å². The maximum atomic E-state index is 9.26. The summed E-state index contributed by atoms with van der Waals surface area (Å²) in [6, 6.07) is 13.5. The smallest absolute Gasteiger partial charge is 0.115 e. The molecule has 1 unspecified atom stereocenters. The Hall–Kier alpha value is -0.940. The van der Waals surface area contributed by atoms with Gasteiger partial charge in [0.25, 0.3) is 0 Å². The lowest BCUT2D eigenvalue weighted by Gasteiger charge is -2.16. The third kappa shape index (κ3) is 4.28. The second-order valence-electron chi connectivity index (χ2n) is 4.54. The molecule has 0 aliphatic heterocycles. The van der Waals surface area contributed by atoms with E-state index in [0.29, 0.717) is 11.8 Å². The molecular weight excluding hydrogens is 373 g/mol. The lowest BCUT2D eigenvalue weighted by Crippen LogP contribution is -2.18. The number of benzene rings is 2. The molecule has 19 heavy (non-hydrogen) atoms. The lowest BCUT2D eigenvalue weighted by molar-refractivity contribution is 0.475. The number of phenolic OH excluding ortho intramolecular Hbond substituents is 1. The molecule has 0 saturated carbocycles. The van der Waals surface area contributed by atoms with Gasteiger partial charge in [0.15, 0.2) is 0 Å². The van der Waals surface area contributed by atoms with Gasteiger partial charge in [-0.3, -0.25) is 0 Å². The van der Waals surface area contributed by atoms with Gasteiger partial charge in [-0.25, -0.2) is 0 Å². The van der Waals surface area contributed by atoms with Crippen molar-refractivity contribution in [1.29, 1.82) is 0 Å². The van der Waals surface area contributed by atoms with Crippen LogP contribution in [0.15, 0.2) is 42.5 Å². The SMILES string of the molecule is CC(Cc1ccc(O)cc1)Nc1ccc(Cl)cc1I. The van der Waals surface area contributed by atoms with Crippen LogP contribution in [0.2, 0.25) is 5.02 Å². The molecule has 0 saturated heterocycles. The average molecular weight is 388 g/mol. The largest absolute Gasteiger partial charge is 0.508 e. The maximum absolute atomic E-state index is 9.26. The summed E-state index contributed by atoms with van der Waals surface area (Å²) < 4.78 is 1.11. The van der Waals surface area contributed by atoms with E-state index in [1.165, 1.54) is 5.56 Å². The van der Waals surface area contributed by atoms with Crippen LogP contribution >= 0.6 is 34.2 Å². The molecule has 1 atom stereocenters. The summed E-state index contributed by atoms with van der Waals surface area (Å²) in [5.74, 6) is 0.302. The van der Waals surface area contributed by atoms with Gasteiger partial charge in [-0.1, -0.05) is 23.7 Å². The highest BCUT2D eigenvalue weighted by molar-refractivity contribution is 14.1. The van der Waals surface area contributed by atoms with E-state index in [0.717, 1.165) is 20.7 Å². The van der Waals surface area contributed by atoms with Crippen molar-refractivity contribution in [3.63, 3.8) is 0 Å². The molecule has 4 heteroatoms. The number of phenols is 1. The molecule has 0 spiro atoms. The van der Waals surface area contributed by atoms with Gasteiger partial charge >= 0.3 is 0 Å². The molecule has 0 aromatic heterocycles. The number of anilines is 1. The molecule has 0 aliphatic carbocycles. The van der Waals surface area contributed by atoms with E-state index in [1.54, 1.807) is 12.1 Å². The average Bonchev–Trinajstić information content (AvgIpc) is 2.36. The predicted octanol–water partition coefficient (Wildman–Crippen LogP) is 4.69. The third-order valence-corrected chi connectivity index (χ3v) is 3.94. The quantitative estimate of drug-likeness (QED) is 0.746. The van der Waals surface area contributed by atoms with E-state index in [4.69, 9.17) is 11.6 Å². The van der Waals surface area contributed by atoms with Crippen LogP contribution in [0.25, 0.3) is 0 Å². The van der Waals surface area contributed by atoms with Gasteiger partial charge in [-0.05, 0) is 71.8 Å². The van der Waals surface area contributed by atoms with E-state index in [-0.39, 0.29) is 0 Å². The van der Waals surface area contributed by atoms with Crippen LogP contribution < -0.4 is 5.32 Å². The van der Waals surface area contributed by atoms with Crippen molar-refractivity contribution in [2.45, 2.75) is 19.4 Å². The molecular formula is C15H15ClINO. The Morgan fingerprint density at radius 2 is 1.89 bits per heavy atom. The van der Waals surface area contributed by atoms with E-state index in [1.807, 2.05) is 30.3 Å². The third-order valence-electron chi connectivity index (χ3n) is 2.81. The normalized spacial score (nSPS) is 12.2. The van der Waals surface area contributed by atoms with Gasteiger partial charge in [0, 0.05) is 20.3 Å². The summed E-state index contributed by atoms with van der Waals surface area (Å²) in [5.41, 5.74) is 2.29. The number of hydrogen-bond donors (Lipinski definition) is 2. The Labute approximate surface area is 131 Å². The van der Waals surface area contributed by atoms with Crippen LogP contribution in [0.1, 0.15) is 12.5 Å². The molecule has 0 fully saturated rings. The predicted molar refractivity (Wildman–Crippen MR) is 89.1 cm³/mol. The van der Waals surface area contributed by atoms with Crippen LogP contribution in [0.4, 0.5) is 5.69 Å². The highest BCUT2D eigenvalue weighted by Crippen LogP contribution is 2.23. The minimum absolute atomic E-state index is 0.302. The topological polar surface area (TPSA) is 32.3 Å². The molecule has 2 aromatic carbocycles. The van der Waals surface area contributed by atoms with Gasteiger partial charge in [0.1, 0.15) is 5.75 Å². The molecule has 0 amide bonds. The Morgan fingerprint density at radius 1 is 1.21 bits per heavy atom. The molecule has 0 aliphatic rings. The summed E-state index contributed by atoms with van der Waals surface area (Å²) in [6.07, 6.45) is 0.902. The van der Waals surface area contributed by atoms with Crippen molar-refractivity contribution in [1.82, 2.24) is 0 Å². The molecule has 2 rings (SSSR count). The molecule has 2 nitrogen and oxygen atoms in total. The minimum atomic E-state index is 0.302. The maximum Gasteiger partial charge on any atom is 0.115 e. The summed E-state index contributed by atoms with van der Waals surface area (Å²) in [7, 11) is 0. The Morgan fingerprint density at radius 3 is 2.53 bits per heavy atom. The molecule has 0 radical (unpaired) electrons. The van der Waals surface area contributed by atoms with Crippen LogP contribution in [0.5, 0.6) is 5.75 Å². The first kappa shape index (κ1) is 14.5. The standard InChI is InChI=1S/C15H15ClINO/c1-10(8-11-2-5-13(19)6-3-11)18-15-7-4-12(16)9-14(15)17/h2-7,9-10,18-19H,8H2,1H3. The van der Waals surface area contributed by atoms with E-state index in [2.05, 4.69) is 34.8 Å². The summed E-state index contributed by atoms with van der Waals surface area (Å²) in [4.78, 5) is 0. The second kappa shape index (κ2) is 6.48. The van der Waals surface area contributed by atoms with Gasteiger partial charge in [0.05, 0.1) is 0 Å². The Balaban J connectivity index is 2.01. The van der Waals surface area contributed by atoms with Crippen LogP contribution in [0.3, 0.4) is 0 Å². The number of hydrogen-bond acceptors (Lipinski definition) is 2. The number of halogens is 2. The zero-order chi connectivity index (χ0) is 13.8. The highest BCUT2D eigenvalue weighted by atomic mass is 127. The number of aromatic hydroxyl groups is 1. The van der Waals surface area contributed by atoms with Gasteiger partial charge in [0.2, 0.25) is 0 Å². The first-order valence-electron chi connectivity index (χ1n) is 6.04. The second-order valence-corrected chi connectivity index (χ2v) is 6.14. The fourth-order valence-corrected chi connectivity index (χ4v) is 2.94. The number of nitrogens with one attached hydrogen (secondary N) is 1. The molecule has 0 bridgehead atoms. The Kier molecular flexibility index (Phi) is 4.93. The fourth-order valence-electron chi connectivity index (χ4n) is 1.91. The van der Waals surface area contributed by atoms with Crippen molar-refractivity contribution in [3.05, 3.63) is 56.6 Å². The van der Waals surface area contributed by atoms with Crippen LogP contribution in [-0.4, -0.2) is 11.1 Å². The van der Waals surface area contributed by atoms with Crippen LogP contribution in [0, 0.1) is 3.57 Å². The summed E-state index contributed by atoms with van der Waals surface area (Å²) in [5, 5.41) is 13.5. The zero-order valence-electron chi connectivity index (χ0n) is 10.5. The highest BCUT2D eigenvalue weighted by Gasteiger charge is 2.06. The molecule has 0 heterocycles. The van der Waals surface area contributed by atoms with Crippen molar-refractivity contribution >= 4 is 39.9 Å². The molecule has 2 N–H and O–H groups in total. The van der Waals surface area contributed by atoms with Crippen molar-refractivity contribution < 1.29 is 5.11 Å². The van der Waals surface area contributed by atoms with E-state index in [9.17, 15) is 5.11 Å². The van der Waals surface area contributed by atoms with Crippen molar-refractivity contribution in [2.75, 3.05) is 5.32 Å². The first-order valence-corrected chi connectivity index (χ1v) is 7.50. The van der Waals surface area contributed by atoms with E-state index >= 15 is 0 Å².